The molecule has 0 bridgehead atoms. The molecular formula is C9H7F3N2OS. The van der Waals surface area contributed by atoms with Gasteiger partial charge in [0.2, 0.25) is 5.88 Å². The maximum absolute atomic E-state index is 11.9. The van der Waals surface area contributed by atoms with Gasteiger partial charge in [-0.2, -0.15) is 5.26 Å². The normalized spacial score (nSPS) is 10.9. The van der Waals surface area contributed by atoms with E-state index in [9.17, 15) is 13.2 Å². The Balaban J connectivity index is 2.96. The number of pyridine rings is 1. The van der Waals surface area contributed by atoms with E-state index in [0.717, 1.165) is 6.07 Å². The number of hydrogen-bond donors (Lipinski definition) is 0. The van der Waals surface area contributed by atoms with Crippen LogP contribution in [0.2, 0.25) is 0 Å². The van der Waals surface area contributed by atoms with Crippen LogP contribution in [-0.2, 0) is 0 Å². The SMILES string of the molecule is CCSc1ccc(OC(F)(F)F)nc1C#N. The summed E-state index contributed by atoms with van der Waals surface area (Å²) in [6.45, 7) is 1.87. The summed E-state index contributed by atoms with van der Waals surface area (Å²) in [5.41, 5.74) is -0.0615. The highest BCUT2D eigenvalue weighted by Crippen LogP contribution is 2.26. The van der Waals surface area contributed by atoms with Crippen LogP contribution in [0.4, 0.5) is 13.2 Å². The van der Waals surface area contributed by atoms with Gasteiger partial charge in [0.15, 0.2) is 5.69 Å². The van der Waals surface area contributed by atoms with Crippen LogP contribution < -0.4 is 4.74 Å². The second kappa shape index (κ2) is 5.07. The molecule has 0 aliphatic rings. The third-order valence-electron chi connectivity index (χ3n) is 1.46. The van der Waals surface area contributed by atoms with Gasteiger partial charge in [-0.25, -0.2) is 4.98 Å². The third kappa shape index (κ3) is 3.62. The number of nitriles is 1. The lowest BCUT2D eigenvalue weighted by atomic mass is 10.4. The molecular weight excluding hydrogens is 241 g/mol. The predicted molar refractivity (Wildman–Crippen MR) is 52.0 cm³/mol. The van der Waals surface area contributed by atoms with E-state index in [1.165, 1.54) is 17.8 Å². The zero-order valence-corrected chi connectivity index (χ0v) is 9.02. The molecule has 1 aromatic heterocycles. The van der Waals surface area contributed by atoms with E-state index in [-0.39, 0.29) is 5.69 Å². The molecule has 0 unspecified atom stereocenters. The van der Waals surface area contributed by atoms with Crippen LogP contribution in [0.25, 0.3) is 0 Å². The Morgan fingerprint density at radius 1 is 1.50 bits per heavy atom. The number of rotatable bonds is 3. The summed E-state index contributed by atoms with van der Waals surface area (Å²) >= 11 is 1.33. The molecule has 1 heterocycles. The van der Waals surface area contributed by atoms with Gasteiger partial charge < -0.3 is 4.74 Å². The zero-order chi connectivity index (χ0) is 12.2. The van der Waals surface area contributed by atoms with Crippen molar-refractivity contribution in [1.82, 2.24) is 4.98 Å². The first-order valence-corrected chi connectivity index (χ1v) is 5.24. The summed E-state index contributed by atoms with van der Waals surface area (Å²) in [5.74, 6) is 0.0834. The van der Waals surface area contributed by atoms with E-state index in [1.54, 1.807) is 6.07 Å². The molecule has 0 N–H and O–H groups in total. The number of hydrogen-bond acceptors (Lipinski definition) is 4. The van der Waals surface area contributed by atoms with Crippen molar-refractivity contribution in [2.45, 2.75) is 18.2 Å². The molecule has 0 amide bonds. The fourth-order valence-electron chi connectivity index (χ4n) is 0.956. The Morgan fingerprint density at radius 3 is 2.69 bits per heavy atom. The van der Waals surface area contributed by atoms with Gasteiger partial charge in [0.05, 0.1) is 0 Å². The molecule has 16 heavy (non-hydrogen) atoms. The van der Waals surface area contributed by atoms with Crippen molar-refractivity contribution in [2.75, 3.05) is 5.75 Å². The van der Waals surface area contributed by atoms with Crippen LogP contribution in [0.5, 0.6) is 5.88 Å². The van der Waals surface area contributed by atoms with Gasteiger partial charge in [-0.3, -0.25) is 0 Å². The average molecular weight is 248 g/mol. The lowest BCUT2D eigenvalue weighted by Crippen LogP contribution is -2.18. The molecule has 0 aliphatic carbocycles. The van der Waals surface area contributed by atoms with E-state index in [4.69, 9.17) is 5.26 Å². The molecule has 0 atom stereocenters. The molecule has 86 valence electrons. The van der Waals surface area contributed by atoms with Crippen molar-refractivity contribution >= 4 is 11.8 Å². The monoisotopic (exact) mass is 248 g/mol. The summed E-state index contributed by atoms with van der Waals surface area (Å²) in [6, 6.07) is 4.21. The lowest BCUT2D eigenvalue weighted by molar-refractivity contribution is -0.276. The summed E-state index contributed by atoms with van der Waals surface area (Å²) in [5, 5.41) is 8.71. The number of thioether (sulfide) groups is 1. The molecule has 0 aliphatic heterocycles. The smallest absolute Gasteiger partial charge is 0.388 e. The second-order valence-corrected chi connectivity index (χ2v) is 3.89. The molecule has 0 aromatic carbocycles. The number of alkyl halides is 3. The number of halogens is 3. The molecule has 0 spiro atoms. The van der Waals surface area contributed by atoms with Crippen molar-refractivity contribution < 1.29 is 17.9 Å². The van der Waals surface area contributed by atoms with Crippen LogP contribution >= 0.6 is 11.8 Å². The number of aromatic nitrogens is 1. The first kappa shape index (κ1) is 12.6. The van der Waals surface area contributed by atoms with E-state index >= 15 is 0 Å². The second-order valence-electron chi connectivity index (χ2n) is 2.59. The van der Waals surface area contributed by atoms with E-state index in [0.29, 0.717) is 10.6 Å². The van der Waals surface area contributed by atoms with Gasteiger partial charge in [0, 0.05) is 11.0 Å². The van der Waals surface area contributed by atoms with Gasteiger partial charge in [-0.15, -0.1) is 24.9 Å². The maximum atomic E-state index is 11.9. The van der Waals surface area contributed by atoms with Gasteiger partial charge >= 0.3 is 6.36 Å². The lowest BCUT2D eigenvalue weighted by Gasteiger charge is -2.08. The van der Waals surface area contributed by atoms with E-state index in [1.807, 2.05) is 6.92 Å². The highest BCUT2D eigenvalue weighted by Gasteiger charge is 2.32. The minimum absolute atomic E-state index is 0.0615. The zero-order valence-electron chi connectivity index (χ0n) is 8.21. The minimum atomic E-state index is -4.79. The predicted octanol–water partition coefficient (Wildman–Crippen LogP) is 2.96. The Morgan fingerprint density at radius 2 is 2.19 bits per heavy atom. The van der Waals surface area contributed by atoms with Crippen LogP contribution in [0, 0.1) is 11.3 Å². The quantitative estimate of drug-likeness (QED) is 0.771. The highest BCUT2D eigenvalue weighted by molar-refractivity contribution is 7.99. The Hall–Kier alpha value is -1.42. The average Bonchev–Trinajstić information content (AvgIpc) is 2.18. The van der Waals surface area contributed by atoms with Crippen molar-refractivity contribution in [1.29, 1.82) is 5.26 Å². The van der Waals surface area contributed by atoms with Crippen molar-refractivity contribution in [3.8, 4) is 11.9 Å². The first-order chi connectivity index (χ1) is 7.46. The molecule has 3 nitrogen and oxygen atoms in total. The topological polar surface area (TPSA) is 45.9 Å². The molecule has 7 heteroatoms. The standard InChI is InChI=1S/C9H7F3N2OS/c1-2-16-7-3-4-8(14-6(7)5-13)15-9(10,11)12/h3-4H,2H2,1H3. The summed E-state index contributed by atoms with van der Waals surface area (Å²) in [7, 11) is 0. The van der Waals surface area contributed by atoms with Crippen molar-refractivity contribution in [3.63, 3.8) is 0 Å². The van der Waals surface area contributed by atoms with E-state index < -0.39 is 12.2 Å². The van der Waals surface area contributed by atoms with Crippen molar-refractivity contribution in [2.24, 2.45) is 0 Å². The Bertz CT molecular complexity index is 414. The largest absolute Gasteiger partial charge is 0.574 e. The highest BCUT2D eigenvalue weighted by atomic mass is 32.2. The molecule has 0 radical (unpaired) electrons. The van der Waals surface area contributed by atoms with Gasteiger partial charge in [-0.1, -0.05) is 6.92 Å². The minimum Gasteiger partial charge on any atom is -0.388 e. The fraction of sp³-hybridized carbons (Fsp3) is 0.333. The van der Waals surface area contributed by atoms with Crippen molar-refractivity contribution in [3.05, 3.63) is 17.8 Å². The summed E-state index contributed by atoms with van der Waals surface area (Å²) in [6.07, 6.45) is -4.79. The third-order valence-corrected chi connectivity index (χ3v) is 2.39. The molecule has 1 aromatic rings. The summed E-state index contributed by atoms with van der Waals surface area (Å²) < 4.78 is 39.2. The molecule has 0 saturated carbocycles. The first-order valence-electron chi connectivity index (χ1n) is 4.26. The van der Waals surface area contributed by atoms with Gasteiger partial charge in [0.1, 0.15) is 6.07 Å². The molecule has 0 saturated heterocycles. The maximum Gasteiger partial charge on any atom is 0.574 e. The fourth-order valence-corrected chi connectivity index (χ4v) is 1.66. The van der Waals surface area contributed by atoms with Crippen LogP contribution in [0.1, 0.15) is 12.6 Å². The molecule has 0 fully saturated rings. The Labute approximate surface area is 94.2 Å². The van der Waals surface area contributed by atoms with Crippen LogP contribution in [-0.4, -0.2) is 17.1 Å². The van der Waals surface area contributed by atoms with Gasteiger partial charge in [-0.05, 0) is 11.8 Å². The number of nitrogens with zero attached hydrogens (tertiary/aromatic N) is 2. The molecule has 1 rings (SSSR count). The van der Waals surface area contributed by atoms with E-state index in [2.05, 4.69) is 9.72 Å². The van der Waals surface area contributed by atoms with Crippen LogP contribution in [0.15, 0.2) is 17.0 Å². The van der Waals surface area contributed by atoms with Crippen LogP contribution in [0.3, 0.4) is 0 Å². The Kier molecular flexibility index (Phi) is 4.01. The number of ether oxygens (including phenoxy) is 1. The van der Waals surface area contributed by atoms with Gasteiger partial charge in [0.25, 0.3) is 0 Å². The summed E-state index contributed by atoms with van der Waals surface area (Å²) in [4.78, 5) is 4.01.